The second kappa shape index (κ2) is 6.96. The van der Waals surface area contributed by atoms with Crippen molar-refractivity contribution in [1.29, 1.82) is 0 Å². The summed E-state index contributed by atoms with van der Waals surface area (Å²) in [5.74, 6) is -0.521. The number of benzene rings is 3. The molecule has 0 saturated heterocycles. The van der Waals surface area contributed by atoms with Crippen molar-refractivity contribution in [2.75, 3.05) is 0 Å². The molecule has 0 unspecified atom stereocenters. The highest BCUT2D eigenvalue weighted by Crippen LogP contribution is 2.29. The summed E-state index contributed by atoms with van der Waals surface area (Å²) in [5.41, 5.74) is 5.91. The Morgan fingerprint density at radius 3 is 2.59 bits per heavy atom. The van der Waals surface area contributed by atoms with Gasteiger partial charge in [-0.25, -0.2) is 5.43 Å². The smallest absolute Gasteiger partial charge is 0.275 e. The fourth-order valence-electron chi connectivity index (χ4n) is 3.38. The van der Waals surface area contributed by atoms with E-state index in [9.17, 15) is 9.90 Å². The number of aromatic nitrogens is 1. The van der Waals surface area contributed by atoms with Crippen molar-refractivity contribution in [3.8, 4) is 5.75 Å². The maximum absolute atomic E-state index is 12.1. The lowest BCUT2D eigenvalue weighted by Crippen LogP contribution is -2.17. The Kier molecular flexibility index (Phi) is 4.34. The highest BCUT2D eigenvalue weighted by atomic mass is 16.3. The van der Waals surface area contributed by atoms with Gasteiger partial charge < -0.3 is 9.67 Å². The van der Waals surface area contributed by atoms with Crippen LogP contribution < -0.4 is 5.43 Å². The molecule has 27 heavy (non-hydrogen) atoms. The zero-order valence-corrected chi connectivity index (χ0v) is 14.9. The molecule has 0 aliphatic rings. The Labute approximate surface area is 156 Å². The van der Waals surface area contributed by atoms with Gasteiger partial charge in [-0.3, -0.25) is 4.79 Å². The average Bonchev–Trinajstić information content (AvgIpc) is 3.01. The van der Waals surface area contributed by atoms with Crippen LogP contribution in [-0.4, -0.2) is 21.8 Å². The van der Waals surface area contributed by atoms with Crippen LogP contribution in [-0.2, 0) is 6.54 Å². The highest BCUT2D eigenvalue weighted by Gasteiger charge is 2.10. The van der Waals surface area contributed by atoms with Gasteiger partial charge in [0.1, 0.15) is 5.75 Å². The van der Waals surface area contributed by atoms with Crippen LogP contribution in [0.1, 0.15) is 22.8 Å². The van der Waals surface area contributed by atoms with Crippen molar-refractivity contribution < 1.29 is 9.90 Å². The van der Waals surface area contributed by atoms with Gasteiger partial charge in [-0.2, -0.15) is 5.10 Å². The van der Waals surface area contributed by atoms with E-state index in [0.29, 0.717) is 0 Å². The summed E-state index contributed by atoms with van der Waals surface area (Å²) < 4.78 is 2.28. The maximum Gasteiger partial charge on any atom is 0.275 e. The van der Waals surface area contributed by atoms with Gasteiger partial charge in [-0.1, -0.05) is 36.4 Å². The van der Waals surface area contributed by atoms with Crippen molar-refractivity contribution in [2.24, 2.45) is 5.10 Å². The van der Waals surface area contributed by atoms with Gasteiger partial charge in [-0.05, 0) is 42.8 Å². The van der Waals surface area contributed by atoms with Crippen LogP contribution in [0.5, 0.6) is 5.75 Å². The molecule has 5 heteroatoms. The Hall–Kier alpha value is -3.60. The highest BCUT2D eigenvalue weighted by molar-refractivity contribution is 6.09. The minimum absolute atomic E-state index is 0.0704. The van der Waals surface area contributed by atoms with Gasteiger partial charge in [0.05, 0.1) is 11.8 Å². The first-order valence-electron chi connectivity index (χ1n) is 8.81. The summed E-state index contributed by atoms with van der Waals surface area (Å²) >= 11 is 0. The molecule has 134 valence electrons. The van der Waals surface area contributed by atoms with Crippen LogP contribution >= 0.6 is 0 Å². The molecule has 1 aromatic heterocycles. The predicted molar refractivity (Wildman–Crippen MR) is 108 cm³/mol. The lowest BCUT2D eigenvalue weighted by molar-refractivity contribution is 0.0952. The number of para-hydroxylation sites is 2. The van der Waals surface area contributed by atoms with E-state index in [0.717, 1.165) is 17.5 Å². The van der Waals surface area contributed by atoms with E-state index >= 15 is 0 Å². The first kappa shape index (κ1) is 16.8. The molecule has 0 radical (unpaired) electrons. The number of carbonyl (C=O) groups excluding carboxylic acids is 1. The lowest BCUT2D eigenvalue weighted by atomic mass is 10.1. The van der Waals surface area contributed by atoms with E-state index in [2.05, 4.69) is 46.3 Å². The van der Waals surface area contributed by atoms with Crippen molar-refractivity contribution >= 4 is 33.9 Å². The van der Waals surface area contributed by atoms with Gasteiger partial charge in [0, 0.05) is 28.4 Å². The van der Waals surface area contributed by atoms with Gasteiger partial charge in [-0.15, -0.1) is 0 Å². The molecule has 0 aliphatic heterocycles. The zero-order chi connectivity index (χ0) is 18.8. The summed E-state index contributed by atoms with van der Waals surface area (Å²) in [6, 6.07) is 20.8. The molecule has 0 spiro atoms. The molecule has 5 nitrogen and oxygen atoms in total. The van der Waals surface area contributed by atoms with Gasteiger partial charge >= 0.3 is 0 Å². The van der Waals surface area contributed by atoms with E-state index in [1.807, 2.05) is 18.2 Å². The number of phenols is 1. The molecule has 0 atom stereocenters. The van der Waals surface area contributed by atoms with E-state index in [4.69, 9.17) is 0 Å². The third-order valence-electron chi connectivity index (χ3n) is 4.64. The molecule has 0 saturated carbocycles. The van der Waals surface area contributed by atoms with Crippen LogP contribution in [0.15, 0.2) is 71.8 Å². The topological polar surface area (TPSA) is 66.6 Å². The molecule has 1 amide bonds. The Morgan fingerprint density at radius 1 is 1.04 bits per heavy atom. The van der Waals surface area contributed by atoms with Crippen molar-refractivity contribution in [1.82, 2.24) is 9.99 Å². The minimum atomic E-state index is -0.451. The Bertz CT molecular complexity index is 1170. The predicted octanol–water partition coefficient (Wildman–Crippen LogP) is 4.28. The molecule has 1 heterocycles. The number of nitrogens with one attached hydrogen (secondary N) is 1. The van der Waals surface area contributed by atoms with Crippen molar-refractivity contribution in [3.63, 3.8) is 0 Å². The molecule has 2 N–H and O–H groups in total. The second-order valence-electron chi connectivity index (χ2n) is 6.25. The molecular weight excluding hydrogens is 338 g/mol. The molecule has 4 aromatic rings. The van der Waals surface area contributed by atoms with Crippen molar-refractivity contribution in [3.05, 3.63) is 77.9 Å². The number of hydrazone groups is 1. The molecule has 3 aromatic carbocycles. The summed E-state index contributed by atoms with van der Waals surface area (Å²) in [7, 11) is 0. The number of hydrogen-bond acceptors (Lipinski definition) is 3. The average molecular weight is 357 g/mol. The van der Waals surface area contributed by atoms with Crippen LogP contribution in [0, 0.1) is 0 Å². The zero-order valence-electron chi connectivity index (χ0n) is 14.9. The van der Waals surface area contributed by atoms with Crippen LogP contribution in [0.4, 0.5) is 0 Å². The van der Waals surface area contributed by atoms with Gasteiger partial charge in [0.25, 0.3) is 5.91 Å². The third kappa shape index (κ3) is 3.04. The van der Waals surface area contributed by atoms with Crippen LogP contribution in [0.25, 0.3) is 21.8 Å². The Balaban J connectivity index is 1.63. The summed E-state index contributed by atoms with van der Waals surface area (Å²) in [6.45, 7) is 3.03. The van der Waals surface area contributed by atoms with Gasteiger partial charge in [0.2, 0.25) is 0 Å². The summed E-state index contributed by atoms with van der Waals surface area (Å²) in [5, 5.41) is 16.1. The standard InChI is InChI=1S/C22H19N3O2/c1-2-25-19-9-5-3-7-16(19)18-13-15(11-12-20(18)25)14-23-24-22(27)17-8-4-6-10-21(17)26/h3-14,26H,2H2,1H3,(H,24,27)/b23-14-. The number of fused-ring (bicyclic) bond motifs is 3. The normalized spacial score (nSPS) is 11.4. The number of aryl methyl sites for hydroxylation is 1. The number of amides is 1. The first-order valence-corrected chi connectivity index (χ1v) is 8.81. The first-order chi connectivity index (χ1) is 13.2. The number of rotatable bonds is 4. The monoisotopic (exact) mass is 357 g/mol. The Morgan fingerprint density at radius 2 is 1.78 bits per heavy atom. The lowest BCUT2D eigenvalue weighted by Gasteiger charge is -2.03. The van der Waals surface area contributed by atoms with Crippen LogP contribution in [0.3, 0.4) is 0 Å². The van der Waals surface area contributed by atoms with Crippen molar-refractivity contribution in [2.45, 2.75) is 13.5 Å². The third-order valence-corrected chi connectivity index (χ3v) is 4.64. The largest absolute Gasteiger partial charge is 0.507 e. The second-order valence-corrected chi connectivity index (χ2v) is 6.25. The van der Waals surface area contributed by atoms with Crippen LogP contribution in [0.2, 0.25) is 0 Å². The van der Waals surface area contributed by atoms with E-state index in [-0.39, 0.29) is 11.3 Å². The molecule has 4 rings (SSSR count). The van der Waals surface area contributed by atoms with E-state index in [1.165, 1.54) is 22.5 Å². The van der Waals surface area contributed by atoms with E-state index in [1.54, 1.807) is 24.4 Å². The number of carbonyl (C=O) groups is 1. The fraction of sp³-hybridized carbons (Fsp3) is 0.0909. The number of nitrogens with zero attached hydrogens (tertiary/aromatic N) is 2. The minimum Gasteiger partial charge on any atom is -0.507 e. The molecule has 0 fully saturated rings. The molecule has 0 bridgehead atoms. The molecule has 0 aliphatic carbocycles. The molecular formula is C22H19N3O2. The SMILES string of the molecule is CCn1c2ccccc2c2cc(/C=N\NC(=O)c3ccccc3O)ccc21. The number of phenolic OH excluding ortho intramolecular Hbond substituents is 1. The summed E-state index contributed by atoms with van der Waals surface area (Å²) in [6.07, 6.45) is 1.61. The maximum atomic E-state index is 12.1. The fourth-order valence-corrected chi connectivity index (χ4v) is 3.38. The summed E-state index contributed by atoms with van der Waals surface area (Å²) in [4.78, 5) is 12.1. The number of aromatic hydroxyl groups is 1. The quantitative estimate of drug-likeness (QED) is 0.423. The van der Waals surface area contributed by atoms with Gasteiger partial charge in [0.15, 0.2) is 0 Å². The number of hydrogen-bond donors (Lipinski definition) is 2. The van der Waals surface area contributed by atoms with E-state index < -0.39 is 5.91 Å².